The SMILES string of the molecule is Cc1cc(C(C(=O)Nc2c(C)cccc2C)N(C(=O)C(Cc2ccc(O)cc2)NC(=O)OC(C)(C)C)C2CCC2)ccc1O. The first-order chi connectivity index (χ1) is 20.7. The van der Waals surface area contributed by atoms with Gasteiger partial charge in [-0.2, -0.15) is 0 Å². The van der Waals surface area contributed by atoms with Crippen LogP contribution in [0.2, 0.25) is 0 Å². The lowest BCUT2D eigenvalue weighted by atomic mass is 9.87. The molecule has 2 unspecified atom stereocenters. The molecule has 0 saturated heterocycles. The monoisotopic (exact) mass is 601 g/mol. The molecule has 0 heterocycles. The van der Waals surface area contributed by atoms with Gasteiger partial charge in [-0.25, -0.2) is 4.79 Å². The minimum Gasteiger partial charge on any atom is -0.508 e. The summed E-state index contributed by atoms with van der Waals surface area (Å²) in [5.74, 6) is -0.658. The van der Waals surface area contributed by atoms with Crippen molar-refractivity contribution in [1.82, 2.24) is 10.2 Å². The number of anilines is 1. The number of amides is 3. The molecule has 1 aliphatic carbocycles. The van der Waals surface area contributed by atoms with Gasteiger partial charge in [0.25, 0.3) is 5.91 Å². The first-order valence-corrected chi connectivity index (χ1v) is 15.0. The highest BCUT2D eigenvalue weighted by atomic mass is 16.6. The number of aromatic hydroxyl groups is 2. The van der Waals surface area contributed by atoms with Crippen LogP contribution in [-0.2, 0) is 20.7 Å². The molecule has 1 fully saturated rings. The molecule has 1 aliphatic rings. The number of carbonyl (C=O) groups is 3. The van der Waals surface area contributed by atoms with E-state index in [9.17, 15) is 24.6 Å². The van der Waals surface area contributed by atoms with Crippen molar-refractivity contribution in [3.63, 3.8) is 0 Å². The third-order valence-electron chi connectivity index (χ3n) is 7.88. The summed E-state index contributed by atoms with van der Waals surface area (Å²) < 4.78 is 5.51. The lowest BCUT2D eigenvalue weighted by Crippen LogP contribution is -2.57. The van der Waals surface area contributed by atoms with Crippen molar-refractivity contribution in [1.29, 1.82) is 0 Å². The molecular weight excluding hydrogens is 558 g/mol. The Hall–Kier alpha value is -4.53. The standard InChI is InChI=1S/C35H43N3O6/c1-21-9-7-10-22(2)30(21)37-32(41)31(25-15-18-29(40)23(3)19-25)38(26-11-8-12-26)33(42)28(36-34(43)44-35(4,5)6)20-24-13-16-27(39)17-14-24/h7,9-10,13-19,26,28,31,39-40H,8,11-12,20H2,1-6H3,(H,36,43)(H,37,41). The van der Waals surface area contributed by atoms with Crippen molar-refractivity contribution >= 4 is 23.6 Å². The summed E-state index contributed by atoms with van der Waals surface area (Å²) in [6.07, 6.45) is 1.67. The average molecular weight is 602 g/mol. The van der Waals surface area contributed by atoms with Gasteiger partial charge < -0.3 is 30.5 Å². The molecule has 0 aliphatic heterocycles. The Balaban J connectivity index is 1.79. The van der Waals surface area contributed by atoms with Crippen LogP contribution < -0.4 is 10.6 Å². The third kappa shape index (κ3) is 7.89. The van der Waals surface area contributed by atoms with Gasteiger partial charge in [-0.15, -0.1) is 0 Å². The van der Waals surface area contributed by atoms with Crippen molar-refractivity contribution in [2.24, 2.45) is 0 Å². The van der Waals surface area contributed by atoms with E-state index in [2.05, 4.69) is 10.6 Å². The van der Waals surface area contributed by atoms with Crippen LogP contribution in [0, 0.1) is 20.8 Å². The van der Waals surface area contributed by atoms with Gasteiger partial charge in [0.15, 0.2) is 0 Å². The topological polar surface area (TPSA) is 128 Å². The zero-order chi connectivity index (χ0) is 32.2. The van der Waals surface area contributed by atoms with Crippen molar-refractivity contribution in [2.75, 3.05) is 5.32 Å². The number of phenols is 2. The highest BCUT2D eigenvalue weighted by Gasteiger charge is 2.42. The molecule has 9 heteroatoms. The van der Waals surface area contributed by atoms with Crippen LogP contribution in [0.15, 0.2) is 60.7 Å². The number of nitrogens with zero attached hydrogens (tertiary/aromatic N) is 1. The van der Waals surface area contributed by atoms with Crippen LogP contribution in [0.25, 0.3) is 0 Å². The predicted molar refractivity (Wildman–Crippen MR) is 170 cm³/mol. The first-order valence-electron chi connectivity index (χ1n) is 15.0. The Kier molecular flexibility index (Phi) is 9.87. The van der Waals surface area contributed by atoms with Gasteiger partial charge in [0.1, 0.15) is 29.2 Å². The van der Waals surface area contributed by atoms with Gasteiger partial charge in [0.05, 0.1) is 0 Å². The molecule has 9 nitrogen and oxygen atoms in total. The fourth-order valence-electron chi connectivity index (χ4n) is 5.37. The minimum atomic E-state index is -1.07. The molecule has 3 amide bonds. The largest absolute Gasteiger partial charge is 0.508 e. The summed E-state index contributed by atoms with van der Waals surface area (Å²) in [6, 6.07) is 14.7. The van der Waals surface area contributed by atoms with Crippen LogP contribution in [0.4, 0.5) is 10.5 Å². The summed E-state index contributed by atoms with van der Waals surface area (Å²) in [5.41, 5.74) is 3.48. The molecule has 3 aromatic rings. The van der Waals surface area contributed by atoms with E-state index in [1.165, 1.54) is 18.2 Å². The molecule has 2 atom stereocenters. The summed E-state index contributed by atoms with van der Waals surface area (Å²) in [7, 11) is 0. The Morgan fingerprint density at radius 1 is 0.932 bits per heavy atom. The van der Waals surface area contributed by atoms with Gasteiger partial charge in [-0.05, 0) is 113 Å². The van der Waals surface area contributed by atoms with Gasteiger partial charge in [-0.1, -0.05) is 36.4 Å². The first kappa shape index (κ1) is 32.4. The molecule has 0 spiro atoms. The molecule has 0 aromatic heterocycles. The molecular formula is C35H43N3O6. The Morgan fingerprint density at radius 3 is 2.11 bits per heavy atom. The second-order valence-electron chi connectivity index (χ2n) is 12.6. The van der Waals surface area contributed by atoms with E-state index in [0.717, 1.165) is 17.5 Å². The number of phenolic OH excluding ortho intramolecular Hbond substituents is 2. The van der Waals surface area contributed by atoms with Crippen molar-refractivity contribution in [2.45, 2.75) is 91.0 Å². The molecule has 4 rings (SSSR count). The average Bonchev–Trinajstić information content (AvgIpc) is 2.91. The van der Waals surface area contributed by atoms with Gasteiger partial charge in [0.2, 0.25) is 5.91 Å². The number of ether oxygens (including phenoxy) is 1. The second kappa shape index (κ2) is 13.4. The highest BCUT2D eigenvalue weighted by molar-refractivity contribution is 6.00. The van der Waals surface area contributed by atoms with Gasteiger partial charge in [-0.3, -0.25) is 9.59 Å². The fourth-order valence-corrected chi connectivity index (χ4v) is 5.37. The van der Waals surface area contributed by atoms with Crippen LogP contribution in [0.1, 0.15) is 73.9 Å². The predicted octanol–water partition coefficient (Wildman–Crippen LogP) is 6.22. The smallest absolute Gasteiger partial charge is 0.408 e. The third-order valence-corrected chi connectivity index (χ3v) is 7.88. The molecule has 1 saturated carbocycles. The van der Waals surface area contributed by atoms with E-state index in [1.807, 2.05) is 32.0 Å². The second-order valence-corrected chi connectivity index (χ2v) is 12.6. The van der Waals surface area contributed by atoms with Crippen molar-refractivity contribution in [3.05, 3.63) is 88.5 Å². The molecule has 4 N–H and O–H groups in total. The van der Waals surface area contributed by atoms with Crippen molar-refractivity contribution < 1.29 is 29.3 Å². The number of carbonyl (C=O) groups excluding carboxylic acids is 3. The Bertz CT molecular complexity index is 1490. The van der Waals surface area contributed by atoms with Gasteiger partial charge >= 0.3 is 6.09 Å². The zero-order valence-corrected chi connectivity index (χ0v) is 26.3. The van der Waals surface area contributed by atoms with Crippen LogP contribution in [0.5, 0.6) is 11.5 Å². The highest BCUT2D eigenvalue weighted by Crippen LogP contribution is 2.36. The van der Waals surface area contributed by atoms with Crippen LogP contribution in [-0.4, -0.2) is 50.7 Å². The minimum absolute atomic E-state index is 0.0822. The van der Waals surface area contributed by atoms with E-state index in [-0.39, 0.29) is 24.0 Å². The number of alkyl carbamates (subject to hydrolysis) is 1. The van der Waals surface area contributed by atoms with E-state index < -0.39 is 35.6 Å². The van der Waals surface area contributed by atoms with Crippen LogP contribution in [0.3, 0.4) is 0 Å². The fraction of sp³-hybridized carbons (Fsp3) is 0.400. The van der Waals surface area contributed by atoms with Gasteiger partial charge in [0, 0.05) is 18.2 Å². The summed E-state index contributed by atoms with van der Waals surface area (Å²) >= 11 is 0. The van der Waals surface area contributed by atoms with E-state index >= 15 is 0 Å². The maximum atomic E-state index is 14.7. The Morgan fingerprint density at radius 2 is 1.57 bits per heavy atom. The number of hydrogen-bond acceptors (Lipinski definition) is 6. The molecule has 234 valence electrons. The van der Waals surface area contributed by atoms with Crippen LogP contribution >= 0.6 is 0 Å². The molecule has 3 aromatic carbocycles. The number of aryl methyl sites for hydroxylation is 3. The summed E-state index contributed by atoms with van der Waals surface area (Å²) in [4.78, 5) is 43.6. The number of para-hydroxylation sites is 1. The molecule has 44 heavy (non-hydrogen) atoms. The molecule has 0 bridgehead atoms. The number of nitrogens with one attached hydrogen (secondary N) is 2. The Labute approximate surface area is 259 Å². The number of rotatable bonds is 9. The number of hydrogen-bond donors (Lipinski definition) is 4. The summed E-state index contributed by atoms with van der Waals surface area (Å²) in [5, 5.41) is 25.9. The maximum absolute atomic E-state index is 14.7. The summed E-state index contributed by atoms with van der Waals surface area (Å²) in [6.45, 7) is 10.8. The molecule has 0 radical (unpaired) electrons. The normalized spacial score (nSPS) is 14.6. The maximum Gasteiger partial charge on any atom is 0.408 e. The van der Waals surface area contributed by atoms with E-state index in [4.69, 9.17) is 4.74 Å². The lowest BCUT2D eigenvalue weighted by molar-refractivity contribution is -0.145. The van der Waals surface area contributed by atoms with E-state index in [0.29, 0.717) is 35.2 Å². The zero-order valence-electron chi connectivity index (χ0n) is 26.3. The lowest BCUT2D eigenvalue weighted by Gasteiger charge is -2.43. The number of benzene rings is 3. The van der Waals surface area contributed by atoms with Crippen molar-refractivity contribution in [3.8, 4) is 11.5 Å². The van der Waals surface area contributed by atoms with E-state index in [1.54, 1.807) is 56.9 Å². The quantitative estimate of drug-likeness (QED) is 0.231.